The number of benzene rings is 1. The number of aromatic nitrogens is 2. The summed E-state index contributed by atoms with van der Waals surface area (Å²) in [5, 5.41) is 6.57. The van der Waals surface area contributed by atoms with Gasteiger partial charge in [0.2, 0.25) is 0 Å². The first-order chi connectivity index (χ1) is 14.3. The molecule has 1 spiro atoms. The van der Waals surface area contributed by atoms with E-state index in [-0.39, 0.29) is 40.1 Å². The lowest BCUT2D eigenvalue weighted by Gasteiger charge is -2.45. The molecule has 0 radical (unpaired) electrons. The van der Waals surface area contributed by atoms with Crippen molar-refractivity contribution in [3.05, 3.63) is 46.9 Å². The molecule has 1 saturated heterocycles. The lowest BCUT2D eigenvalue weighted by atomic mass is 9.83. The minimum absolute atomic E-state index is 0.0249. The smallest absolute Gasteiger partial charge is 0.412 e. The minimum atomic E-state index is -1.33. The molecule has 30 heavy (non-hydrogen) atoms. The number of nitrogen functional groups attached to an aromatic ring is 1. The van der Waals surface area contributed by atoms with Crippen molar-refractivity contribution in [1.82, 2.24) is 14.7 Å². The molecule has 0 unspecified atom stereocenters. The van der Waals surface area contributed by atoms with Gasteiger partial charge in [0.1, 0.15) is 11.4 Å². The molecule has 3 N–H and O–H groups in total. The third kappa shape index (κ3) is 3.09. The summed E-state index contributed by atoms with van der Waals surface area (Å²) in [6, 6.07) is 2.90. The number of piperidine rings is 1. The summed E-state index contributed by atoms with van der Waals surface area (Å²) in [5.41, 5.74) is 6.09. The highest BCUT2D eigenvalue weighted by atomic mass is 35.5. The van der Waals surface area contributed by atoms with Gasteiger partial charge < -0.3 is 15.4 Å². The van der Waals surface area contributed by atoms with Crippen LogP contribution in [-0.4, -0.2) is 39.8 Å². The molecular formula is C20H21ClFN5O3. The fraction of sp³-hybridized carbons (Fsp3) is 0.350. The Morgan fingerprint density at radius 2 is 2.27 bits per heavy atom. The third-order valence-corrected chi connectivity index (χ3v) is 5.85. The van der Waals surface area contributed by atoms with Crippen LogP contribution in [0, 0.1) is 5.82 Å². The predicted molar refractivity (Wildman–Crippen MR) is 111 cm³/mol. The number of hydrogen-bond acceptors (Lipinski definition) is 5. The number of carbonyl (C=O) groups excluding carboxylic acids is 2. The summed E-state index contributed by atoms with van der Waals surface area (Å²) in [5.74, 6) is -0.862. The van der Waals surface area contributed by atoms with Crippen LogP contribution in [0.3, 0.4) is 0 Å². The monoisotopic (exact) mass is 433 g/mol. The third-order valence-electron chi connectivity index (χ3n) is 5.56. The fourth-order valence-electron chi connectivity index (χ4n) is 4.04. The Hall–Kier alpha value is -3.07. The van der Waals surface area contributed by atoms with Crippen molar-refractivity contribution in [2.75, 3.05) is 24.1 Å². The maximum absolute atomic E-state index is 15.0. The molecule has 1 aromatic heterocycles. The first-order valence-corrected chi connectivity index (χ1v) is 9.94. The van der Waals surface area contributed by atoms with E-state index in [4.69, 9.17) is 22.1 Å². The lowest BCUT2D eigenvalue weighted by Crippen LogP contribution is -2.53. The average molecular weight is 434 g/mol. The van der Waals surface area contributed by atoms with Gasteiger partial charge in [-0.1, -0.05) is 25.1 Å². The van der Waals surface area contributed by atoms with Crippen LogP contribution in [0.5, 0.6) is 0 Å². The van der Waals surface area contributed by atoms with Gasteiger partial charge in [-0.25, -0.2) is 13.9 Å². The van der Waals surface area contributed by atoms with Gasteiger partial charge in [0.15, 0.2) is 11.4 Å². The van der Waals surface area contributed by atoms with Crippen LogP contribution in [0.25, 0.3) is 5.70 Å². The molecule has 10 heteroatoms. The second-order valence-electron chi connectivity index (χ2n) is 7.40. The molecular weight excluding hydrogens is 413 g/mol. The number of halogens is 2. The van der Waals surface area contributed by atoms with E-state index in [9.17, 15) is 14.0 Å². The van der Waals surface area contributed by atoms with E-state index in [1.54, 1.807) is 0 Å². The van der Waals surface area contributed by atoms with Gasteiger partial charge in [0.05, 0.1) is 29.0 Å². The van der Waals surface area contributed by atoms with Crippen LogP contribution in [0.1, 0.15) is 42.1 Å². The topological polar surface area (TPSA) is 102 Å². The second kappa shape index (κ2) is 7.32. The maximum Gasteiger partial charge on any atom is 0.412 e. The quantitative estimate of drug-likeness (QED) is 0.765. The Kier molecular flexibility index (Phi) is 4.93. The summed E-state index contributed by atoms with van der Waals surface area (Å²) in [6.45, 7) is 6.17. The SMILES string of the molecule is C=C(CC)n1ncc(C(=O)N2CCC[C@@]3(C2)OC(=O)Nc2ccc(Cl)c(F)c23)c1N. The summed E-state index contributed by atoms with van der Waals surface area (Å²) in [7, 11) is 0. The van der Waals surface area contributed by atoms with E-state index in [2.05, 4.69) is 17.0 Å². The number of amides is 2. The largest absolute Gasteiger partial charge is 0.436 e. The Balaban J connectivity index is 1.70. The molecule has 2 amide bonds. The number of carbonyl (C=O) groups is 2. The minimum Gasteiger partial charge on any atom is -0.436 e. The number of anilines is 2. The van der Waals surface area contributed by atoms with E-state index >= 15 is 0 Å². The number of hydrogen-bond donors (Lipinski definition) is 2. The fourth-order valence-corrected chi connectivity index (χ4v) is 4.20. The number of nitrogens with two attached hydrogens (primary N) is 1. The van der Waals surface area contributed by atoms with Gasteiger partial charge in [-0.3, -0.25) is 10.1 Å². The van der Waals surface area contributed by atoms with Crippen molar-refractivity contribution in [3.63, 3.8) is 0 Å². The number of fused-ring (bicyclic) bond motifs is 2. The molecule has 0 saturated carbocycles. The number of allylic oxidation sites excluding steroid dienone is 1. The van der Waals surface area contributed by atoms with Crippen LogP contribution in [0.15, 0.2) is 24.9 Å². The standard InChI is InChI=1S/C20H21ClFN5O3/c1-3-11(2)27-17(23)12(9-24-27)18(28)26-8-4-7-20(10-26)15-14(25-19(29)30-20)6-5-13(21)16(15)22/h5-6,9H,2-4,7-8,10,23H2,1H3,(H,25,29)/t20-/m0/s1. The average Bonchev–Trinajstić information content (AvgIpc) is 3.10. The predicted octanol–water partition coefficient (Wildman–Crippen LogP) is 3.83. The Bertz CT molecular complexity index is 1070. The molecule has 158 valence electrons. The maximum atomic E-state index is 15.0. The Labute approximate surface area is 177 Å². The van der Waals surface area contributed by atoms with E-state index in [1.807, 2.05) is 6.92 Å². The molecule has 3 heterocycles. The van der Waals surface area contributed by atoms with Gasteiger partial charge in [-0.15, -0.1) is 0 Å². The zero-order chi connectivity index (χ0) is 21.6. The summed E-state index contributed by atoms with van der Waals surface area (Å²) >= 11 is 5.99. The molecule has 8 nitrogen and oxygen atoms in total. The van der Waals surface area contributed by atoms with E-state index < -0.39 is 17.5 Å². The van der Waals surface area contributed by atoms with Crippen molar-refractivity contribution in [2.24, 2.45) is 0 Å². The first kappa shape index (κ1) is 20.2. The van der Waals surface area contributed by atoms with Crippen molar-refractivity contribution in [3.8, 4) is 0 Å². The van der Waals surface area contributed by atoms with Crippen molar-refractivity contribution < 1.29 is 18.7 Å². The number of likely N-dealkylation sites (tertiary alicyclic amines) is 1. The zero-order valence-corrected chi connectivity index (χ0v) is 17.1. The number of ether oxygens (including phenoxy) is 1. The van der Waals surface area contributed by atoms with Gasteiger partial charge in [0, 0.05) is 12.2 Å². The molecule has 0 bridgehead atoms. The van der Waals surface area contributed by atoms with Crippen LogP contribution >= 0.6 is 11.6 Å². The van der Waals surface area contributed by atoms with Crippen LogP contribution in [-0.2, 0) is 10.3 Å². The molecule has 1 fully saturated rings. The summed E-state index contributed by atoms with van der Waals surface area (Å²) in [4.78, 5) is 26.9. The molecule has 0 aliphatic carbocycles. The van der Waals surface area contributed by atoms with E-state index in [0.717, 1.165) is 0 Å². The normalized spacial score (nSPS) is 20.5. The molecule has 1 atom stereocenters. The van der Waals surface area contributed by atoms with Crippen molar-refractivity contribution in [2.45, 2.75) is 31.8 Å². The Morgan fingerprint density at radius 1 is 1.50 bits per heavy atom. The molecule has 4 rings (SSSR count). The Morgan fingerprint density at radius 3 is 3.00 bits per heavy atom. The van der Waals surface area contributed by atoms with Crippen molar-refractivity contribution in [1.29, 1.82) is 0 Å². The lowest BCUT2D eigenvalue weighted by molar-refractivity contribution is -0.0418. The number of nitrogens with one attached hydrogen (secondary N) is 1. The molecule has 1 aromatic carbocycles. The highest BCUT2D eigenvalue weighted by Gasteiger charge is 2.48. The van der Waals surface area contributed by atoms with Crippen molar-refractivity contribution >= 4 is 40.8 Å². The zero-order valence-electron chi connectivity index (χ0n) is 16.4. The van der Waals surface area contributed by atoms with E-state index in [1.165, 1.54) is 27.9 Å². The molecule has 2 aliphatic rings. The molecule has 2 aromatic rings. The summed E-state index contributed by atoms with van der Waals surface area (Å²) < 4.78 is 22.0. The second-order valence-corrected chi connectivity index (χ2v) is 7.81. The number of rotatable bonds is 3. The van der Waals surface area contributed by atoms with Crippen LogP contribution < -0.4 is 11.1 Å². The van der Waals surface area contributed by atoms with Crippen LogP contribution in [0.2, 0.25) is 5.02 Å². The van der Waals surface area contributed by atoms with Gasteiger partial charge in [-0.2, -0.15) is 5.10 Å². The van der Waals surface area contributed by atoms with Crippen LogP contribution in [0.4, 0.5) is 20.7 Å². The number of nitrogens with zero attached hydrogens (tertiary/aromatic N) is 3. The first-order valence-electron chi connectivity index (χ1n) is 9.57. The summed E-state index contributed by atoms with van der Waals surface area (Å²) in [6.07, 6.45) is 2.16. The van der Waals surface area contributed by atoms with E-state index in [0.29, 0.717) is 31.5 Å². The van der Waals surface area contributed by atoms with Gasteiger partial charge in [-0.05, 0) is 31.4 Å². The highest BCUT2D eigenvalue weighted by molar-refractivity contribution is 6.31. The highest BCUT2D eigenvalue weighted by Crippen LogP contribution is 2.45. The van der Waals surface area contributed by atoms with Gasteiger partial charge in [0.25, 0.3) is 5.91 Å². The molecule has 2 aliphatic heterocycles. The van der Waals surface area contributed by atoms with Gasteiger partial charge >= 0.3 is 6.09 Å².